The molecule has 0 unspecified atom stereocenters. The molecule has 0 spiro atoms. The van der Waals surface area contributed by atoms with Crippen molar-refractivity contribution in [3.63, 3.8) is 0 Å². The van der Waals surface area contributed by atoms with Gasteiger partial charge < -0.3 is 0 Å². The van der Waals surface area contributed by atoms with Gasteiger partial charge in [0.2, 0.25) is 0 Å². The fourth-order valence-electron chi connectivity index (χ4n) is 1.72. The summed E-state index contributed by atoms with van der Waals surface area (Å²) in [5.74, 6) is 0. The van der Waals surface area contributed by atoms with Gasteiger partial charge in [-0.05, 0) is 24.1 Å². The Bertz CT molecular complexity index is 576. The van der Waals surface area contributed by atoms with Crippen molar-refractivity contribution in [2.75, 3.05) is 0 Å². The summed E-state index contributed by atoms with van der Waals surface area (Å²) in [5, 5.41) is -0.524. The first-order valence-corrected chi connectivity index (χ1v) is 6.12. The van der Waals surface area contributed by atoms with Crippen LogP contribution in [0.3, 0.4) is 0 Å². The van der Waals surface area contributed by atoms with Crippen LogP contribution in [0.2, 0.25) is 5.15 Å². The number of alkyl halides is 3. The van der Waals surface area contributed by atoms with Crippen molar-refractivity contribution in [3.8, 4) is 11.3 Å². The summed E-state index contributed by atoms with van der Waals surface area (Å²) in [5.41, 5.74) is 1.42. The minimum absolute atomic E-state index is 0.431. The number of nitrogens with zero attached hydrogens (tertiary/aromatic N) is 1. The zero-order valence-corrected chi connectivity index (χ0v) is 10.9. The third-order valence-corrected chi connectivity index (χ3v) is 3.10. The molecule has 0 saturated carbocycles. The maximum atomic E-state index is 12.6. The molecule has 0 atom stereocenters. The van der Waals surface area contributed by atoms with Gasteiger partial charge in [0, 0.05) is 5.56 Å². The van der Waals surface area contributed by atoms with E-state index < -0.39 is 16.9 Å². The quantitative estimate of drug-likeness (QED) is 0.709. The van der Waals surface area contributed by atoms with E-state index in [0.717, 1.165) is 23.6 Å². The Morgan fingerprint density at radius 3 is 2.16 bits per heavy atom. The normalized spacial score (nSPS) is 11.6. The Balaban J connectivity index is 2.38. The summed E-state index contributed by atoms with van der Waals surface area (Å²) >= 11 is 5.59. The maximum absolute atomic E-state index is 12.6. The number of rotatable bonds is 2. The molecular weight excluding hydrogens is 275 g/mol. The fraction of sp³-hybridized carbons (Fsp3) is 0.214. The van der Waals surface area contributed by atoms with Crippen LogP contribution in [0.15, 0.2) is 36.4 Å². The second-order valence-electron chi connectivity index (χ2n) is 4.08. The Hall–Kier alpha value is -1.55. The predicted octanol–water partition coefficient (Wildman–Crippen LogP) is 4.98. The predicted molar refractivity (Wildman–Crippen MR) is 69.1 cm³/mol. The van der Waals surface area contributed by atoms with Gasteiger partial charge in [-0.25, -0.2) is 4.98 Å². The number of pyridine rings is 1. The number of benzene rings is 1. The average Bonchev–Trinajstić information content (AvgIpc) is 2.37. The molecule has 1 nitrogen and oxygen atoms in total. The zero-order valence-electron chi connectivity index (χ0n) is 10.1. The number of aromatic nitrogens is 1. The Morgan fingerprint density at radius 1 is 1.05 bits per heavy atom. The lowest BCUT2D eigenvalue weighted by molar-refractivity contribution is -0.137. The molecule has 0 N–H and O–H groups in total. The summed E-state index contributed by atoms with van der Waals surface area (Å²) in [6, 6.07) is 9.77. The third kappa shape index (κ3) is 3.07. The second-order valence-corrected chi connectivity index (χ2v) is 4.44. The molecule has 0 radical (unpaired) electrons. The van der Waals surface area contributed by atoms with Crippen LogP contribution in [0.25, 0.3) is 11.3 Å². The number of aryl methyl sites for hydroxylation is 1. The van der Waals surface area contributed by atoms with Gasteiger partial charge in [0.1, 0.15) is 5.15 Å². The van der Waals surface area contributed by atoms with Crippen LogP contribution >= 0.6 is 11.6 Å². The van der Waals surface area contributed by atoms with Gasteiger partial charge in [0.25, 0.3) is 0 Å². The first kappa shape index (κ1) is 13.9. The van der Waals surface area contributed by atoms with E-state index >= 15 is 0 Å². The molecule has 100 valence electrons. The highest BCUT2D eigenvalue weighted by molar-refractivity contribution is 6.30. The second kappa shape index (κ2) is 5.21. The molecule has 0 aliphatic carbocycles. The van der Waals surface area contributed by atoms with E-state index in [4.69, 9.17) is 11.6 Å². The highest BCUT2D eigenvalue weighted by Gasteiger charge is 2.33. The average molecular weight is 286 g/mol. The highest BCUT2D eigenvalue weighted by atomic mass is 35.5. The van der Waals surface area contributed by atoms with Gasteiger partial charge in [0.15, 0.2) is 0 Å². The van der Waals surface area contributed by atoms with Crippen molar-refractivity contribution in [1.29, 1.82) is 0 Å². The van der Waals surface area contributed by atoms with Crippen LogP contribution in [0.1, 0.15) is 18.1 Å². The van der Waals surface area contributed by atoms with E-state index in [1.165, 1.54) is 6.07 Å². The van der Waals surface area contributed by atoms with Crippen molar-refractivity contribution < 1.29 is 13.2 Å². The van der Waals surface area contributed by atoms with Crippen LogP contribution in [-0.2, 0) is 12.6 Å². The van der Waals surface area contributed by atoms with E-state index in [0.29, 0.717) is 5.69 Å². The van der Waals surface area contributed by atoms with Crippen LogP contribution < -0.4 is 0 Å². The lowest BCUT2D eigenvalue weighted by Gasteiger charge is -2.09. The molecule has 0 saturated heterocycles. The molecule has 1 aromatic heterocycles. The number of hydrogen-bond donors (Lipinski definition) is 0. The van der Waals surface area contributed by atoms with E-state index in [2.05, 4.69) is 4.98 Å². The first-order valence-electron chi connectivity index (χ1n) is 5.75. The Morgan fingerprint density at radius 2 is 1.68 bits per heavy atom. The van der Waals surface area contributed by atoms with Crippen molar-refractivity contribution in [2.24, 2.45) is 0 Å². The van der Waals surface area contributed by atoms with E-state index in [-0.39, 0.29) is 0 Å². The molecule has 0 amide bonds. The summed E-state index contributed by atoms with van der Waals surface area (Å²) < 4.78 is 37.7. The van der Waals surface area contributed by atoms with Crippen molar-refractivity contribution in [2.45, 2.75) is 19.5 Å². The lowest BCUT2D eigenvalue weighted by Crippen LogP contribution is -2.07. The van der Waals surface area contributed by atoms with Crippen LogP contribution in [0.5, 0.6) is 0 Å². The Labute approximate surface area is 114 Å². The van der Waals surface area contributed by atoms with Gasteiger partial charge in [-0.2, -0.15) is 13.2 Å². The minimum atomic E-state index is -4.48. The summed E-state index contributed by atoms with van der Waals surface area (Å²) in [7, 11) is 0. The standard InChI is InChI=1S/C14H11ClF3N/c1-2-9-3-5-10(6-4-9)12-8-7-11(13(15)19-12)14(16,17)18/h3-8H,2H2,1H3. The van der Waals surface area contributed by atoms with E-state index in [1.54, 1.807) is 0 Å². The highest BCUT2D eigenvalue weighted by Crippen LogP contribution is 2.34. The molecule has 5 heteroatoms. The smallest absolute Gasteiger partial charge is 0.235 e. The van der Waals surface area contributed by atoms with Crippen LogP contribution in [0, 0.1) is 0 Å². The van der Waals surface area contributed by atoms with Gasteiger partial charge in [-0.15, -0.1) is 0 Å². The van der Waals surface area contributed by atoms with Gasteiger partial charge >= 0.3 is 6.18 Å². The SMILES string of the molecule is CCc1ccc(-c2ccc(C(F)(F)F)c(Cl)n2)cc1. The third-order valence-electron chi connectivity index (χ3n) is 2.81. The molecule has 1 aromatic carbocycles. The molecule has 2 aromatic rings. The number of hydrogen-bond acceptors (Lipinski definition) is 1. The van der Waals surface area contributed by atoms with E-state index in [9.17, 15) is 13.2 Å². The summed E-state index contributed by atoms with van der Waals surface area (Å²) in [6.07, 6.45) is -3.57. The largest absolute Gasteiger partial charge is 0.419 e. The maximum Gasteiger partial charge on any atom is 0.419 e. The molecule has 0 fully saturated rings. The molecule has 0 aliphatic rings. The monoisotopic (exact) mass is 285 g/mol. The van der Waals surface area contributed by atoms with E-state index in [1.807, 2.05) is 31.2 Å². The van der Waals surface area contributed by atoms with Crippen molar-refractivity contribution in [3.05, 3.63) is 52.7 Å². The molecule has 1 heterocycles. The lowest BCUT2D eigenvalue weighted by atomic mass is 10.1. The molecular formula is C14H11ClF3N. The fourth-order valence-corrected chi connectivity index (χ4v) is 1.98. The molecule has 0 bridgehead atoms. The van der Waals surface area contributed by atoms with Gasteiger partial charge in [0.05, 0.1) is 11.3 Å². The molecule has 0 aliphatic heterocycles. The van der Waals surface area contributed by atoms with Crippen molar-refractivity contribution in [1.82, 2.24) is 4.98 Å². The topological polar surface area (TPSA) is 12.9 Å². The Kier molecular flexibility index (Phi) is 3.80. The van der Waals surface area contributed by atoms with Gasteiger partial charge in [-0.3, -0.25) is 0 Å². The number of halogens is 4. The summed E-state index contributed by atoms with van der Waals surface area (Å²) in [4.78, 5) is 3.81. The molecule has 2 rings (SSSR count). The summed E-state index contributed by atoms with van der Waals surface area (Å²) in [6.45, 7) is 2.03. The first-order chi connectivity index (χ1) is 8.91. The zero-order chi connectivity index (χ0) is 14.0. The van der Waals surface area contributed by atoms with Crippen LogP contribution in [-0.4, -0.2) is 4.98 Å². The molecule has 19 heavy (non-hydrogen) atoms. The van der Waals surface area contributed by atoms with Gasteiger partial charge in [-0.1, -0.05) is 42.8 Å². The van der Waals surface area contributed by atoms with Crippen molar-refractivity contribution >= 4 is 11.6 Å². The minimum Gasteiger partial charge on any atom is -0.235 e. The van der Waals surface area contributed by atoms with Crippen LogP contribution in [0.4, 0.5) is 13.2 Å².